The summed E-state index contributed by atoms with van der Waals surface area (Å²) < 4.78 is 0. The zero-order valence-electron chi connectivity index (χ0n) is 31.2. The molecule has 2 aliphatic rings. The van der Waals surface area contributed by atoms with Gasteiger partial charge in [0.15, 0.2) is 17.5 Å². The number of hydrogen-bond donors (Lipinski definition) is 0. The number of rotatable bonds is 6. The van der Waals surface area contributed by atoms with E-state index in [4.69, 9.17) is 29.9 Å². The van der Waals surface area contributed by atoms with Crippen molar-refractivity contribution in [3.05, 3.63) is 187 Å². The number of aliphatic imine (C=N–C) groups is 1. The van der Waals surface area contributed by atoms with Crippen molar-refractivity contribution < 1.29 is 0 Å². The Balaban J connectivity index is 1.19. The number of aromatic nitrogens is 6. The fraction of sp³-hybridized carbons (Fsp3) is 0.0392. The van der Waals surface area contributed by atoms with Gasteiger partial charge in [0.25, 0.3) is 0 Å². The van der Waals surface area contributed by atoms with Gasteiger partial charge in [-0.1, -0.05) is 146 Å². The molecular formula is C51H33N7. The Morgan fingerprint density at radius 1 is 0.466 bits per heavy atom. The van der Waals surface area contributed by atoms with Crippen LogP contribution in [0.3, 0.4) is 0 Å². The van der Waals surface area contributed by atoms with Crippen molar-refractivity contribution in [1.82, 2.24) is 29.9 Å². The molecule has 2 atom stereocenters. The first-order valence-electron chi connectivity index (χ1n) is 19.4. The minimum Gasteiger partial charge on any atom is -0.282 e. The molecule has 0 N–H and O–H groups in total. The van der Waals surface area contributed by atoms with Crippen LogP contribution in [-0.4, -0.2) is 36.1 Å². The molecule has 7 nitrogen and oxygen atoms in total. The Kier molecular flexibility index (Phi) is 8.14. The van der Waals surface area contributed by atoms with Gasteiger partial charge in [-0.15, -0.1) is 0 Å². The van der Waals surface area contributed by atoms with Crippen LogP contribution in [0.4, 0.5) is 0 Å². The highest BCUT2D eigenvalue weighted by atomic mass is 15.0. The molecule has 1 aliphatic heterocycles. The SMILES string of the molecule is C1=CC2C=Cc3c(-c4nc(-c5ccc(-c6ccccc6)cc5)nc(-c5cc(-c6ccccc6)nc6c5ccc5ccncc56)n4)cc(-c4ccccc4)nc3C2N=C1. The molecule has 0 amide bonds. The van der Waals surface area contributed by atoms with Crippen molar-refractivity contribution >= 4 is 34.0 Å². The molecule has 0 saturated heterocycles. The third kappa shape index (κ3) is 5.97. The fourth-order valence-electron chi connectivity index (χ4n) is 8.05. The van der Waals surface area contributed by atoms with Gasteiger partial charge in [-0.25, -0.2) is 24.9 Å². The van der Waals surface area contributed by atoms with Crippen LogP contribution in [0.5, 0.6) is 0 Å². The van der Waals surface area contributed by atoms with Gasteiger partial charge in [0.2, 0.25) is 0 Å². The molecule has 5 heterocycles. The van der Waals surface area contributed by atoms with Crippen molar-refractivity contribution in [2.75, 3.05) is 0 Å². The van der Waals surface area contributed by atoms with E-state index in [2.05, 4.69) is 120 Å². The first-order valence-corrected chi connectivity index (χ1v) is 19.4. The highest BCUT2D eigenvalue weighted by molar-refractivity contribution is 6.10. The fourth-order valence-corrected chi connectivity index (χ4v) is 8.05. The maximum atomic E-state index is 5.40. The normalized spacial score (nSPS) is 15.4. The molecule has 1 aliphatic carbocycles. The van der Waals surface area contributed by atoms with E-state index in [0.717, 1.165) is 83.3 Å². The molecule has 4 aromatic heterocycles. The van der Waals surface area contributed by atoms with E-state index >= 15 is 0 Å². The van der Waals surface area contributed by atoms with Crippen LogP contribution in [-0.2, 0) is 0 Å². The quantitative estimate of drug-likeness (QED) is 0.158. The molecule has 0 saturated carbocycles. The standard InChI is InChI=1S/C51H33N7/c1-4-11-32(12-5-1)33-18-20-38(21-19-33)49-56-50(41-29-44(35-13-6-2-7-14-35)54-47-39(41)24-22-34-26-28-52-31-43(34)47)58-51(57-49)42-30-45(36-15-8-3-9-16-36)55-48-40(42)25-23-37-17-10-27-53-46(37)48/h1-31,37,46H. The van der Waals surface area contributed by atoms with E-state index in [1.165, 1.54) is 0 Å². The van der Waals surface area contributed by atoms with Gasteiger partial charge < -0.3 is 0 Å². The number of nitrogens with zero attached hydrogens (tertiary/aromatic N) is 7. The van der Waals surface area contributed by atoms with Crippen LogP contribution in [0.15, 0.2) is 181 Å². The van der Waals surface area contributed by atoms with E-state index in [0.29, 0.717) is 17.5 Å². The molecule has 0 fully saturated rings. The second kappa shape index (κ2) is 14.1. The number of hydrogen-bond acceptors (Lipinski definition) is 7. The molecule has 0 radical (unpaired) electrons. The third-order valence-corrected chi connectivity index (χ3v) is 11.0. The van der Waals surface area contributed by atoms with Crippen LogP contribution in [0.2, 0.25) is 0 Å². The lowest BCUT2D eigenvalue weighted by atomic mass is 9.84. The van der Waals surface area contributed by atoms with E-state index in [1.54, 1.807) is 0 Å². The number of pyridine rings is 3. The number of dihydropyridines is 1. The van der Waals surface area contributed by atoms with Gasteiger partial charge in [-0.2, -0.15) is 0 Å². The monoisotopic (exact) mass is 743 g/mol. The predicted octanol–water partition coefficient (Wildman–Crippen LogP) is 11.7. The highest BCUT2D eigenvalue weighted by Gasteiger charge is 2.30. The summed E-state index contributed by atoms with van der Waals surface area (Å²) in [5.41, 5.74) is 11.2. The molecule has 5 aromatic carbocycles. The molecule has 9 aromatic rings. The smallest absolute Gasteiger partial charge is 0.164 e. The van der Waals surface area contributed by atoms with Crippen molar-refractivity contribution in [3.8, 4) is 67.8 Å². The zero-order valence-corrected chi connectivity index (χ0v) is 31.2. The summed E-state index contributed by atoms with van der Waals surface area (Å²) in [5, 5.41) is 2.95. The molecule has 0 bridgehead atoms. The van der Waals surface area contributed by atoms with Gasteiger partial charge in [-0.3, -0.25) is 9.98 Å². The Labute approximate surface area is 335 Å². The van der Waals surface area contributed by atoms with Crippen molar-refractivity contribution in [2.24, 2.45) is 10.9 Å². The summed E-state index contributed by atoms with van der Waals surface area (Å²) in [4.78, 5) is 36.0. The maximum absolute atomic E-state index is 5.40. The summed E-state index contributed by atoms with van der Waals surface area (Å²) in [6.07, 6.45) is 14.1. The largest absolute Gasteiger partial charge is 0.282 e. The molecule has 0 spiro atoms. The molecule has 11 rings (SSSR count). The van der Waals surface area contributed by atoms with Gasteiger partial charge in [0.05, 0.1) is 22.6 Å². The summed E-state index contributed by atoms with van der Waals surface area (Å²) in [7, 11) is 0. The topological polar surface area (TPSA) is 89.7 Å². The van der Waals surface area contributed by atoms with Crippen LogP contribution < -0.4 is 0 Å². The Morgan fingerprint density at radius 2 is 1.09 bits per heavy atom. The van der Waals surface area contributed by atoms with Gasteiger partial charge in [0.1, 0.15) is 6.04 Å². The maximum Gasteiger partial charge on any atom is 0.164 e. The van der Waals surface area contributed by atoms with Crippen LogP contribution in [0.25, 0.3) is 95.6 Å². The first kappa shape index (κ1) is 33.6. The van der Waals surface area contributed by atoms with Crippen molar-refractivity contribution in [3.63, 3.8) is 0 Å². The average Bonchev–Trinajstić information content (AvgIpc) is 3.31. The third-order valence-electron chi connectivity index (χ3n) is 11.0. The number of fused-ring (bicyclic) bond motifs is 6. The molecule has 272 valence electrons. The van der Waals surface area contributed by atoms with E-state index in [-0.39, 0.29) is 12.0 Å². The summed E-state index contributed by atoms with van der Waals surface area (Å²) in [5.74, 6) is 1.77. The average molecular weight is 744 g/mol. The number of benzene rings is 5. The van der Waals surface area contributed by atoms with Crippen LogP contribution in [0, 0.1) is 5.92 Å². The lowest BCUT2D eigenvalue weighted by molar-refractivity contribution is 0.595. The van der Waals surface area contributed by atoms with Gasteiger partial charge in [-0.05, 0) is 40.8 Å². The molecule has 58 heavy (non-hydrogen) atoms. The zero-order chi connectivity index (χ0) is 38.4. The molecule has 2 unspecified atom stereocenters. The van der Waals surface area contributed by atoms with Gasteiger partial charge >= 0.3 is 0 Å². The molecule has 7 heteroatoms. The predicted molar refractivity (Wildman–Crippen MR) is 234 cm³/mol. The van der Waals surface area contributed by atoms with Crippen LogP contribution in [0.1, 0.15) is 17.3 Å². The number of allylic oxidation sites excluding steroid dienone is 1. The second-order valence-corrected chi connectivity index (χ2v) is 14.5. The lowest BCUT2D eigenvalue weighted by Crippen LogP contribution is -2.17. The Morgan fingerprint density at radius 3 is 1.83 bits per heavy atom. The van der Waals surface area contributed by atoms with E-state index < -0.39 is 0 Å². The van der Waals surface area contributed by atoms with Crippen LogP contribution >= 0.6 is 0 Å². The van der Waals surface area contributed by atoms with E-state index in [1.807, 2.05) is 73.2 Å². The first-order chi connectivity index (χ1) is 28.7. The lowest BCUT2D eigenvalue weighted by Gasteiger charge is -2.27. The van der Waals surface area contributed by atoms with Crippen molar-refractivity contribution in [2.45, 2.75) is 6.04 Å². The summed E-state index contributed by atoms with van der Waals surface area (Å²) in [6, 6.07) is 49.6. The highest BCUT2D eigenvalue weighted by Crippen LogP contribution is 2.42. The second-order valence-electron chi connectivity index (χ2n) is 14.5. The molecular weight excluding hydrogens is 711 g/mol. The Bertz CT molecular complexity index is 3100. The van der Waals surface area contributed by atoms with Gasteiger partial charge in [0, 0.05) is 68.7 Å². The van der Waals surface area contributed by atoms with Crippen molar-refractivity contribution in [1.29, 1.82) is 0 Å². The Hall–Kier alpha value is -7.77. The summed E-state index contributed by atoms with van der Waals surface area (Å²) in [6.45, 7) is 0. The van der Waals surface area contributed by atoms with E-state index in [9.17, 15) is 0 Å². The minimum absolute atomic E-state index is 0.111. The minimum atomic E-state index is -0.154. The summed E-state index contributed by atoms with van der Waals surface area (Å²) >= 11 is 0.